The molecule has 15 heavy (non-hydrogen) atoms. The van der Waals surface area contributed by atoms with Crippen molar-refractivity contribution in [1.82, 2.24) is 10.2 Å². The second kappa shape index (κ2) is 6.58. The molecule has 0 aromatic carbocycles. The Balaban J connectivity index is 2.37. The molecule has 1 amide bonds. The first-order valence-corrected chi connectivity index (χ1v) is 5.48. The lowest BCUT2D eigenvalue weighted by Crippen LogP contribution is -2.51. The van der Waals surface area contributed by atoms with E-state index in [-0.39, 0.29) is 11.9 Å². The van der Waals surface area contributed by atoms with Crippen LogP contribution < -0.4 is 5.32 Å². The summed E-state index contributed by atoms with van der Waals surface area (Å²) in [4.78, 5) is 13.7. The maximum atomic E-state index is 11.8. The summed E-state index contributed by atoms with van der Waals surface area (Å²) in [6, 6.07) is 0.247. The fourth-order valence-electron chi connectivity index (χ4n) is 1.70. The van der Waals surface area contributed by atoms with Crippen LogP contribution in [0.3, 0.4) is 0 Å². The van der Waals surface area contributed by atoms with Gasteiger partial charge in [0, 0.05) is 13.1 Å². The Bertz CT molecular complexity index is 219. The molecule has 1 aliphatic heterocycles. The van der Waals surface area contributed by atoms with Gasteiger partial charge in [0.05, 0.1) is 25.8 Å². The normalized spacial score (nSPS) is 21.4. The fourth-order valence-corrected chi connectivity index (χ4v) is 1.70. The van der Waals surface area contributed by atoms with Crippen LogP contribution in [-0.2, 0) is 9.53 Å². The highest BCUT2D eigenvalue weighted by Crippen LogP contribution is 2.09. The van der Waals surface area contributed by atoms with E-state index >= 15 is 0 Å². The first kappa shape index (κ1) is 12.2. The Morgan fingerprint density at radius 3 is 3.20 bits per heavy atom. The van der Waals surface area contributed by atoms with Crippen LogP contribution in [0.1, 0.15) is 13.3 Å². The second-order valence-electron chi connectivity index (χ2n) is 3.64. The number of morpholine rings is 1. The molecule has 1 N–H and O–H groups in total. The van der Waals surface area contributed by atoms with E-state index in [0.717, 1.165) is 6.42 Å². The summed E-state index contributed by atoms with van der Waals surface area (Å²) < 4.78 is 5.35. The quantitative estimate of drug-likeness (QED) is 0.530. The summed E-state index contributed by atoms with van der Waals surface area (Å²) in [6.07, 6.45) is 2.71. The van der Waals surface area contributed by atoms with Crippen LogP contribution in [0.25, 0.3) is 0 Å². The Labute approximate surface area is 91.3 Å². The third-order valence-corrected chi connectivity index (χ3v) is 2.58. The Morgan fingerprint density at radius 2 is 2.53 bits per heavy atom. The van der Waals surface area contributed by atoms with Gasteiger partial charge in [0.15, 0.2) is 0 Å². The molecule has 1 aliphatic rings. The average molecular weight is 212 g/mol. The largest absolute Gasteiger partial charge is 0.377 e. The number of amides is 1. The van der Waals surface area contributed by atoms with Crippen molar-refractivity contribution in [3.8, 4) is 0 Å². The van der Waals surface area contributed by atoms with Gasteiger partial charge in [-0.05, 0) is 6.42 Å². The van der Waals surface area contributed by atoms with Gasteiger partial charge >= 0.3 is 0 Å². The molecular weight excluding hydrogens is 192 g/mol. The van der Waals surface area contributed by atoms with Crippen molar-refractivity contribution in [1.29, 1.82) is 0 Å². The lowest BCUT2D eigenvalue weighted by Gasteiger charge is -2.35. The molecule has 4 heteroatoms. The summed E-state index contributed by atoms with van der Waals surface area (Å²) in [7, 11) is 0. The zero-order valence-electron chi connectivity index (χ0n) is 9.37. The van der Waals surface area contributed by atoms with Crippen LogP contribution in [0.2, 0.25) is 0 Å². The van der Waals surface area contributed by atoms with Crippen LogP contribution in [0.5, 0.6) is 0 Å². The van der Waals surface area contributed by atoms with Crippen molar-refractivity contribution in [2.75, 3.05) is 32.8 Å². The lowest BCUT2D eigenvalue weighted by atomic mass is 10.2. The van der Waals surface area contributed by atoms with E-state index in [1.807, 2.05) is 4.90 Å². The average Bonchev–Trinajstić information content (AvgIpc) is 2.29. The van der Waals surface area contributed by atoms with E-state index in [9.17, 15) is 4.79 Å². The number of nitrogens with one attached hydrogen (secondary N) is 1. The van der Waals surface area contributed by atoms with Gasteiger partial charge < -0.3 is 15.0 Å². The topological polar surface area (TPSA) is 41.6 Å². The fraction of sp³-hybridized carbons (Fsp3) is 0.727. The number of rotatable bonds is 5. The van der Waals surface area contributed by atoms with Crippen LogP contribution in [0.4, 0.5) is 0 Å². The van der Waals surface area contributed by atoms with E-state index < -0.39 is 0 Å². The van der Waals surface area contributed by atoms with Crippen molar-refractivity contribution in [2.45, 2.75) is 19.4 Å². The van der Waals surface area contributed by atoms with Gasteiger partial charge in [-0.1, -0.05) is 13.0 Å². The Morgan fingerprint density at radius 1 is 1.73 bits per heavy atom. The summed E-state index contributed by atoms with van der Waals surface area (Å²) in [5.41, 5.74) is 0. The van der Waals surface area contributed by atoms with Crippen molar-refractivity contribution in [2.24, 2.45) is 0 Å². The predicted octanol–water partition coefficient (Wildman–Crippen LogP) is 0.399. The van der Waals surface area contributed by atoms with Gasteiger partial charge in [0.1, 0.15) is 0 Å². The number of carbonyl (C=O) groups is 1. The third-order valence-electron chi connectivity index (χ3n) is 2.58. The minimum absolute atomic E-state index is 0.159. The minimum atomic E-state index is 0.159. The molecule has 1 saturated heterocycles. The van der Waals surface area contributed by atoms with Crippen LogP contribution in [0.15, 0.2) is 12.7 Å². The first-order valence-electron chi connectivity index (χ1n) is 5.48. The molecule has 1 heterocycles. The molecule has 0 bridgehead atoms. The second-order valence-corrected chi connectivity index (χ2v) is 3.64. The molecule has 1 atom stereocenters. The highest BCUT2D eigenvalue weighted by Gasteiger charge is 2.24. The lowest BCUT2D eigenvalue weighted by molar-refractivity contribution is -0.138. The summed E-state index contributed by atoms with van der Waals surface area (Å²) in [5.74, 6) is 0.159. The minimum Gasteiger partial charge on any atom is -0.377 e. The molecule has 4 nitrogen and oxygen atoms in total. The van der Waals surface area contributed by atoms with Gasteiger partial charge in [-0.3, -0.25) is 4.79 Å². The number of nitrogens with zero attached hydrogens (tertiary/aromatic N) is 1. The van der Waals surface area contributed by atoms with Crippen LogP contribution >= 0.6 is 0 Å². The van der Waals surface area contributed by atoms with E-state index in [4.69, 9.17) is 4.74 Å². The van der Waals surface area contributed by atoms with Crippen molar-refractivity contribution in [3.05, 3.63) is 12.7 Å². The number of ether oxygens (including phenoxy) is 1. The molecule has 1 unspecified atom stereocenters. The summed E-state index contributed by atoms with van der Waals surface area (Å²) in [5, 5.41) is 3.03. The van der Waals surface area contributed by atoms with E-state index in [1.165, 1.54) is 0 Å². The molecule has 0 aromatic heterocycles. The smallest absolute Gasteiger partial charge is 0.236 e. The van der Waals surface area contributed by atoms with Gasteiger partial charge in [0.2, 0.25) is 5.91 Å². The molecule has 86 valence electrons. The number of hydrogen-bond acceptors (Lipinski definition) is 3. The maximum Gasteiger partial charge on any atom is 0.236 e. The monoisotopic (exact) mass is 212 g/mol. The molecule has 0 aromatic rings. The van der Waals surface area contributed by atoms with Crippen LogP contribution in [-0.4, -0.2) is 49.7 Å². The van der Waals surface area contributed by atoms with Crippen molar-refractivity contribution in [3.63, 3.8) is 0 Å². The van der Waals surface area contributed by atoms with Gasteiger partial charge in [-0.15, -0.1) is 6.58 Å². The summed E-state index contributed by atoms with van der Waals surface area (Å²) >= 11 is 0. The van der Waals surface area contributed by atoms with E-state index in [2.05, 4.69) is 18.8 Å². The van der Waals surface area contributed by atoms with Gasteiger partial charge in [0.25, 0.3) is 0 Å². The Hall–Kier alpha value is -0.870. The summed E-state index contributed by atoms with van der Waals surface area (Å²) in [6.45, 7) is 8.78. The molecule has 0 aliphatic carbocycles. The van der Waals surface area contributed by atoms with Gasteiger partial charge in [-0.25, -0.2) is 0 Å². The maximum absolute atomic E-state index is 11.8. The molecule has 0 saturated carbocycles. The zero-order valence-corrected chi connectivity index (χ0v) is 9.37. The standard InChI is InChI=1S/C11H20N2O2/c1-3-5-12-8-11(14)13-6-7-15-9-10(13)4-2/h3,10,12H,1,4-9H2,2H3. The predicted molar refractivity (Wildman–Crippen MR) is 59.7 cm³/mol. The molecule has 1 rings (SSSR count). The molecule has 0 spiro atoms. The number of carbonyl (C=O) groups excluding carboxylic acids is 1. The molecule has 0 radical (unpaired) electrons. The first-order chi connectivity index (χ1) is 7.29. The zero-order chi connectivity index (χ0) is 11.1. The van der Waals surface area contributed by atoms with E-state index in [1.54, 1.807) is 6.08 Å². The van der Waals surface area contributed by atoms with Crippen molar-refractivity contribution >= 4 is 5.91 Å². The van der Waals surface area contributed by atoms with Crippen molar-refractivity contribution < 1.29 is 9.53 Å². The molecule has 1 fully saturated rings. The number of hydrogen-bond donors (Lipinski definition) is 1. The third kappa shape index (κ3) is 3.64. The van der Waals surface area contributed by atoms with Gasteiger partial charge in [-0.2, -0.15) is 0 Å². The van der Waals surface area contributed by atoms with Crippen LogP contribution in [0, 0.1) is 0 Å². The highest BCUT2D eigenvalue weighted by atomic mass is 16.5. The molecular formula is C11H20N2O2. The van der Waals surface area contributed by atoms with E-state index in [0.29, 0.717) is 32.8 Å². The Kier molecular flexibility index (Phi) is 5.36. The SMILES string of the molecule is C=CCNCC(=O)N1CCOCC1CC. The highest BCUT2D eigenvalue weighted by molar-refractivity contribution is 5.78.